The molecule has 2 aliphatic heterocycles. The maximum Gasteiger partial charge on any atom is 0.268 e. The molecule has 1 atom stereocenters. The predicted octanol–water partition coefficient (Wildman–Crippen LogP) is 2.51. The van der Waals surface area contributed by atoms with Crippen molar-refractivity contribution in [3.05, 3.63) is 54.7 Å². The third kappa shape index (κ3) is 3.69. The fourth-order valence-electron chi connectivity index (χ4n) is 4.60. The molecule has 0 radical (unpaired) electrons. The van der Waals surface area contributed by atoms with Gasteiger partial charge in [0.05, 0.1) is 22.2 Å². The van der Waals surface area contributed by atoms with Gasteiger partial charge in [0.25, 0.3) is 10.0 Å². The van der Waals surface area contributed by atoms with Crippen LogP contribution in [0.3, 0.4) is 0 Å². The first-order valence-electron chi connectivity index (χ1n) is 10.8. The van der Waals surface area contributed by atoms with Gasteiger partial charge in [0.2, 0.25) is 0 Å². The summed E-state index contributed by atoms with van der Waals surface area (Å²) < 4.78 is 34.4. The number of nitrogens with one attached hydrogen (secondary N) is 1. The van der Waals surface area contributed by atoms with Crippen LogP contribution in [-0.2, 0) is 14.8 Å². The standard InChI is InChI=1S/C23H28N4O3S/c1-30-19-9-12-26(16-19)18-5-4-6-20(15-18)31(28,29)27-17-23(25-13-10-24-11-14-25)21-7-2-3-8-22(21)27/h2-8,15,17,19,24H,9-14,16H2,1H3. The maximum absolute atomic E-state index is 13.7. The van der Waals surface area contributed by atoms with Crippen LogP contribution in [0.1, 0.15) is 6.42 Å². The molecule has 1 unspecified atom stereocenters. The van der Waals surface area contributed by atoms with Gasteiger partial charge in [-0.1, -0.05) is 24.3 Å². The zero-order chi connectivity index (χ0) is 21.4. The Morgan fingerprint density at radius 2 is 1.81 bits per heavy atom. The predicted molar refractivity (Wildman–Crippen MR) is 124 cm³/mol. The number of para-hydroxylation sites is 1. The minimum Gasteiger partial charge on any atom is -0.380 e. The highest BCUT2D eigenvalue weighted by atomic mass is 32.2. The summed E-state index contributed by atoms with van der Waals surface area (Å²) in [4.78, 5) is 4.75. The zero-order valence-electron chi connectivity index (χ0n) is 17.7. The first kappa shape index (κ1) is 20.4. The number of hydrogen-bond acceptors (Lipinski definition) is 6. The summed E-state index contributed by atoms with van der Waals surface area (Å²) in [7, 11) is -2.01. The second-order valence-electron chi connectivity index (χ2n) is 8.16. The number of aromatic nitrogens is 1. The molecule has 3 heterocycles. The number of piperazine rings is 1. The van der Waals surface area contributed by atoms with E-state index in [1.807, 2.05) is 36.4 Å². The fraction of sp³-hybridized carbons (Fsp3) is 0.391. The van der Waals surface area contributed by atoms with Crippen LogP contribution < -0.4 is 15.1 Å². The lowest BCUT2D eigenvalue weighted by Crippen LogP contribution is -2.43. The van der Waals surface area contributed by atoms with Crippen molar-refractivity contribution in [1.29, 1.82) is 0 Å². The Hall–Kier alpha value is -2.55. The summed E-state index contributed by atoms with van der Waals surface area (Å²) in [6.07, 6.45) is 2.92. The lowest BCUT2D eigenvalue weighted by atomic mass is 10.2. The molecule has 3 aromatic rings. The van der Waals surface area contributed by atoms with Crippen LogP contribution in [0, 0.1) is 0 Å². The Bertz CT molecular complexity index is 1180. The Labute approximate surface area is 183 Å². The molecule has 164 valence electrons. The lowest BCUT2D eigenvalue weighted by Gasteiger charge is -2.28. The molecule has 2 saturated heterocycles. The molecule has 0 saturated carbocycles. The number of rotatable bonds is 5. The molecule has 0 aliphatic carbocycles. The molecule has 0 amide bonds. The number of anilines is 2. The van der Waals surface area contributed by atoms with Gasteiger partial charge in [-0.05, 0) is 30.7 Å². The van der Waals surface area contributed by atoms with Gasteiger partial charge in [-0.3, -0.25) is 0 Å². The van der Waals surface area contributed by atoms with Crippen LogP contribution in [0.5, 0.6) is 0 Å². The van der Waals surface area contributed by atoms with Crippen molar-refractivity contribution >= 4 is 32.3 Å². The topological polar surface area (TPSA) is 66.8 Å². The van der Waals surface area contributed by atoms with E-state index in [0.717, 1.165) is 62.5 Å². The molecule has 31 heavy (non-hydrogen) atoms. The van der Waals surface area contributed by atoms with Gasteiger partial charge in [-0.2, -0.15) is 0 Å². The highest BCUT2D eigenvalue weighted by Gasteiger charge is 2.26. The highest BCUT2D eigenvalue weighted by Crippen LogP contribution is 2.33. The van der Waals surface area contributed by atoms with E-state index in [9.17, 15) is 8.42 Å². The summed E-state index contributed by atoms with van der Waals surface area (Å²) in [5, 5.41) is 4.32. The molecule has 7 nitrogen and oxygen atoms in total. The third-order valence-corrected chi connectivity index (χ3v) is 8.00. The number of hydrogen-bond donors (Lipinski definition) is 1. The number of methoxy groups -OCH3 is 1. The zero-order valence-corrected chi connectivity index (χ0v) is 18.5. The summed E-state index contributed by atoms with van der Waals surface area (Å²) in [6.45, 7) is 5.15. The van der Waals surface area contributed by atoms with Gasteiger partial charge in [0, 0.05) is 63.6 Å². The third-order valence-electron chi connectivity index (χ3n) is 6.33. The van der Waals surface area contributed by atoms with Crippen LogP contribution in [0.2, 0.25) is 0 Å². The van der Waals surface area contributed by atoms with Gasteiger partial charge in [-0.25, -0.2) is 12.4 Å². The Kier molecular flexibility index (Phi) is 5.37. The van der Waals surface area contributed by atoms with E-state index in [1.165, 1.54) is 3.97 Å². The smallest absolute Gasteiger partial charge is 0.268 e. The monoisotopic (exact) mass is 440 g/mol. The van der Waals surface area contributed by atoms with Crippen molar-refractivity contribution in [2.75, 3.05) is 56.2 Å². The van der Waals surface area contributed by atoms with Gasteiger partial charge in [0.15, 0.2) is 0 Å². The number of ether oxygens (including phenoxy) is 1. The molecular formula is C23H28N4O3S. The van der Waals surface area contributed by atoms with E-state index in [1.54, 1.807) is 25.4 Å². The lowest BCUT2D eigenvalue weighted by molar-refractivity contribution is 0.121. The van der Waals surface area contributed by atoms with Gasteiger partial charge in [-0.15, -0.1) is 0 Å². The molecule has 2 aromatic carbocycles. The van der Waals surface area contributed by atoms with Crippen LogP contribution >= 0.6 is 0 Å². The Morgan fingerprint density at radius 3 is 2.58 bits per heavy atom. The second-order valence-corrected chi connectivity index (χ2v) is 9.97. The molecule has 0 bridgehead atoms. The largest absolute Gasteiger partial charge is 0.380 e. The van der Waals surface area contributed by atoms with Crippen LogP contribution in [0.4, 0.5) is 11.4 Å². The summed E-state index contributed by atoms with van der Waals surface area (Å²) in [5.74, 6) is 0. The maximum atomic E-state index is 13.7. The van der Waals surface area contributed by atoms with E-state index in [0.29, 0.717) is 10.4 Å². The Balaban J connectivity index is 1.55. The Morgan fingerprint density at radius 1 is 1.00 bits per heavy atom. The van der Waals surface area contributed by atoms with Crippen molar-refractivity contribution in [2.45, 2.75) is 17.4 Å². The number of benzene rings is 2. The molecule has 5 rings (SSSR count). The minimum atomic E-state index is -3.74. The van der Waals surface area contributed by atoms with Gasteiger partial charge in [0.1, 0.15) is 0 Å². The molecular weight excluding hydrogens is 412 g/mol. The SMILES string of the molecule is COC1CCN(c2cccc(S(=O)(=O)n3cc(N4CCNCC4)c4ccccc43)c2)C1. The molecule has 2 fully saturated rings. The van der Waals surface area contributed by atoms with Crippen molar-refractivity contribution in [2.24, 2.45) is 0 Å². The fourth-order valence-corrected chi connectivity index (χ4v) is 6.00. The molecule has 1 aromatic heterocycles. The summed E-state index contributed by atoms with van der Waals surface area (Å²) in [5.41, 5.74) is 2.60. The quantitative estimate of drug-likeness (QED) is 0.658. The summed E-state index contributed by atoms with van der Waals surface area (Å²) >= 11 is 0. The number of fused-ring (bicyclic) bond motifs is 1. The average molecular weight is 441 g/mol. The van der Waals surface area contributed by atoms with E-state index in [2.05, 4.69) is 15.1 Å². The number of nitrogens with zero attached hydrogens (tertiary/aromatic N) is 3. The molecule has 8 heteroatoms. The van der Waals surface area contributed by atoms with Crippen molar-refractivity contribution in [3.63, 3.8) is 0 Å². The first-order valence-corrected chi connectivity index (χ1v) is 12.2. The van der Waals surface area contributed by atoms with Crippen molar-refractivity contribution in [3.8, 4) is 0 Å². The second kappa shape index (κ2) is 8.18. The van der Waals surface area contributed by atoms with E-state index in [4.69, 9.17) is 4.74 Å². The minimum absolute atomic E-state index is 0.190. The van der Waals surface area contributed by atoms with Crippen LogP contribution in [0.15, 0.2) is 59.6 Å². The summed E-state index contributed by atoms with van der Waals surface area (Å²) in [6, 6.07) is 15.0. The van der Waals surface area contributed by atoms with Crippen molar-refractivity contribution in [1.82, 2.24) is 9.29 Å². The van der Waals surface area contributed by atoms with E-state index >= 15 is 0 Å². The molecule has 0 spiro atoms. The van der Waals surface area contributed by atoms with Crippen molar-refractivity contribution < 1.29 is 13.2 Å². The average Bonchev–Trinajstić information content (AvgIpc) is 3.45. The molecule has 1 N–H and O–H groups in total. The van der Waals surface area contributed by atoms with Crippen LogP contribution in [0.25, 0.3) is 10.9 Å². The molecule has 2 aliphatic rings. The van der Waals surface area contributed by atoms with E-state index in [-0.39, 0.29) is 6.10 Å². The van der Waals surface area contributed by atoms with E-state index < -0.39 is 10.0 Å². The first-order chi connectivity index (χ1) is 15.1. The van der Waals surface area contributed by atoms with Gasteiger partial charge >= 0.3 is 0 Å². The highest BCUT2D eigenvalue weighted by molar-refractivity contribution is 7.90. The van der Waals surface area contributed by atoms with Gasteiger partial charge < -0.3 is 19.9 Å². The van der Waals surface area contributed by atoms with Crippen LogP contribution in [-0.4, -0.2) is 64.9 Å². The normalized spacial score (nSPS) is 20.0.